The molecule has 0 saturated carbocycles. The van der Waals surface area contributed by atoms with Crippen LogP contribution >= 0.6 is 0 Å². The van der Waals surface area contributed by atoms with Crippen LogP contribution in [0.4, 0.5) is 5.69 Å². The number of benzene rings is 3. The van der Waals surface area contributed by atoms with E-state index in [4.69, 9.17) is 4.74 Å². The van der Waals surface area contributed by atoms with Gasteiger partial charge in [-0.2, -0.15) is 16.8 Å². The molecule has 11 nitrogen and oxygen atoms in total. The van der Waals surface area contributed by atoms with Crippen molar-refractivity contribution in [1.82, 2.24) is 4.58 Å². The molecule has 0 amide bonds. The third-order valence-corrected chi connectivity index (χ3v) is 11.6. The van der Waals surface area contributed by atoms with E-state index in [2.05, 4.69) is 0 Å². The van der Waals surface area contributed by atoms with Gasteiger partial charge in [0, 0.05) is 54.6 Å². The molecule has 270 valence electrons. The van der Waals surface area contributed by atoms with Crippen LogP contribution < -0.4 is 24.8 Å². The van der Waals surface area contributed by atoms with E-state index in [1.54, 1.807) is 48.6 Å². The Kier molecular flexibility index (Phi) is 8.30. The highest BCUT2D eigenvalue weighted by Crippen LogP contribution is 2.47. The van der Waals surface area contributed by atoms with Gasteiger partial charge in [-0.15, -0.1) is 0 Å². The summed E-state index contributed by atoms with van der Waals surface area (Å²) in [6.45, 7) is 13.6. The first kappa shape index (κ1) is 36.5. The average Bonchev–Trinajstić information content (AvgIpc) is 2.97. The molecule has 3 heterocycles. The van der Waals surface area contributed by atoms with Crippen LogP contribution in [0.25, 0.3) is 16.7 Å². The average molecular weight is 736 g/mol. The lowest BCUT2D eigenvalue weighted by Gasteiger charge is -2.41. The highest BCUT2D eigenvalue weighted by molar-refractivity contribution is 7.86. The zero-order valence-electron chi connectivity index (χ0n) is 30.1. The first-order valence-corrected chi connectivity index (χ1v) is 19.6. The van der Waals surface area contributed by atoms with Crippen molar-refractivity contribution in [3.63, 3.8) is 0 Å². The Balaban J connectivity index is 1.79. The Morgan fingerprint density at radius 1 is 0.824 bits per heavy atom. The third-order valence-electron chi connectivity index (χ3n) is 10.2. The SMILES string of the molecule is CN1c2cc3c(cc2C(CS(=O)(=O)O)=CC1(C)C)C(c1ccc(C(C)(C)C)cc1C(=O)O)=c1cc2c(cc1O3)=[N+](C)C(C)(C)C=C2CS(=O)(=O)O. The topological polar surface area (TPSA) is 162 Å². The van der Waals surface area contributed by atoms with Crippen LogP contribution in [0.2, 0.25) is 0 Å². The summed E-state index contributed by atoms with van der Waals surface area (Å²) in [5, 5.41) is 11.8. The van der Waals surface area contributed by atoms with Gasteiger partial charge in [0.2, 0.25) is 5.36 Å². The number of ether oxygens (including phenoxy) is 1. The van der Waals surface area contributed by atoms with E-state index in [1.807, 2.05) is 78.1 Å². The molecule has 0 spiro atoms. The number of carboxylic acids is 1. The molecule has 0 atom stereocenters. The fourth-order valence-electron chi connectivity index (χ4n) is 7.18. The van der Waals surface area contributed by atoms with Gasteiger partial charge in [-0.25, -0.2) is 9.37 Å². The van der Waals surface area contributed by atoms with E-state index >= 15 is 0 Å². The van der Waals surface area contributed by atoms with Gasteiger partial charge in [0.1, 0.15) is 30.1 Å². The van der Waals surface area contributed by atoms with Crippen molar-refractivity contribution < 1.29 is 40.6 Å². The summed E-state index contributed by atoms with van der Waals surface area (Å²) < 4.78 is 77.5. The zero-order valence-corrected chi connectivity index (χ0v) is 31.7. The Morgan fingerprint density at radius 3 is 2.00 bits per heavy atom. The Bertz CT molecular complexity index is 2490. The van der Waals surface area contributed by atoms with Crippen LogP contribution in [0, 0.1) is 0 Å². The number of aromatic carboxylic acids is 1. The fourth-order valence-corrected chi connectivity index (χ4v) is 8.44. The first-order chi connectivity index (χ1) is 23.3. The maximum absolute atomic E-state index is 13.0. The third kappa shape index (κ3) is 6.63. The summed E-state index contributed by atoms with van der Waals surface area (Å²) in [5.41, 5.74) is 2.97. The van der Waals surface area contributed by atoms with Crippen molar-refractivity contribution in [2.24, 2.45) is 0 Å². The second-order valence-corrected chi connectivity index (χ2v) is 18.6. The van der Waals surface area contributed by atoms with Crippen LogP contribution in [0.5, 0.6) is 11.5 Å². The molecule has 0 fully saturated rings. The molecule has 3 aromatic carbocycles. The molecule has 3 aliphatic heterocycles. The van der Waals surface area contributed by atoms with Crippen LogP contribution in [0.15, 0.2) is 54.6 Å². The second-order valence-electron chi connectivity index (χ2n) is 15.7. The molecular weight excluding hydrogens is 693 g/mol. The normalized spacial score (nSPS) is 17.7. The van der Waals surface area contributed by atoms with Crippen LogP contribution in [0.1, 0.15) is 86.6 Å². The highest BCUT2D eigenvalue weighted by atomic mass is 32.2. The maximum Gasteiger partial charge on any atom is 0.336 e. The highest BCUT2D eigenvalue weighted by Gasteiger charge is 2.37. The molecule has 0 saturated heterocycles. The molecule has 0 radical (unpaired) electrons. The van der Waals surface area contributed by atoms with Crippen LogP contribution in [-0.4, -0.2) is 73.7 Å². The van der Waals surface area contributed by atoms with Crippen molar-refractivity contribution in [2.75, 3.05) is 30.5 Å². The molecular formula is C38H43N2O9S2+. The number of likely N-dealkylation sites (N-methyl/N-ethyl adjacent to an activating group) is 2. The van der Waals surface area contributed by atoms with Crippen molar-refractivity contribution in [3.8, 4) is 11.5 Å². The minimum absolute atomic E-state index is 0.0329. The summed E-state index contributed by atoms with van der Waals surface area (Å²) >= 11 is 0. The second kappa shape index (κ2) is 11.6. The largest absolute Gasteiger partial charge is 0.478 e. The fraction of sp³-hybridized carbons (Fsp3) is 0.368. The monoisotopic (exact) mass is 735 g/mol. The van der Waals surface area contributed by atoms with Gasteiger partial charge in [0.25, 0.3) is 20.2 Å². The predicted molar refractivity (Wildman–Crippen MR) is 198 cm³/mol. The van der Waals surface area contributed by atoms with Crippen LogP contribution in [0.3, 0.4) is 0 Å². The zero-order chi connectivity index (χ0) is 37.8. The summed E-state index contributed by atoms with van der Waals surface area (Å²) in [4.78, 5) is 15.0. The van der Waals surface area contributed by atoms with Crippen molar-refractivity contribution in [1.29, 1.82) is 0 Å². The molecule has 0 aliphatic carbocycles. The van der Waals surface area contributed by atoms with Crippen molar-refractivity contribution >= 4 is 48.6 Å². The molecule has 51 heavy (non-hydrogen) atoms. The van der Waals surface area contributed by atoms with Crippen LogP contribution in [-0.2, 0) is 25.7 Å². The van der Waals surface area contributed by atoms with Gasteiger partial charge >= 0.3 is 5.97 Å². The standard InChI is InChI=1S/C38H42N2O9S2/c1-36(2,3)23-10-11-24(27(12-23)35(41)42)34-28-13-25-21(19-50(43,44)45)17-37(4,5)39(8)30(25)15-32(28)49-33-16-31-26(14-29(33)34)22(20-51(46,47)48)18-38(6,7)40(31)9/h10-18H,19-20H2,1-9H3,(H2-,41,42,43,44,45,46,47,48)/p+1. The summed E-state index contributed by atoms with van der Waals surface area (Å²) in [6.07, 6.45) is 3.57. The Labute approximate surface area is 298 Å². The van der Waals surface area contributed by atoms with Gasteiger partial charge < -0.3 is 14.7 Å². The first-order valence-electron chi connectivity index (χ1n) is 16.4. The molecule has 0 unspecified atom stereocenters. The summed E-state index contributed by atoms with van der Waals surface area (Å²) in [7, 11) is -5.13. The Morgan fingerprint density at radius 2 is 1.43 bits per heavy atom. The van der Waals surface area contributed by atoms with Gasteiger partial charge in [-0.3, -0.25) is 9.11 Å². The summed E-state index contributed by atoms with van der Waals surface area (Å²) in [6, 6.07) is 12.4. The predicted octanol–water partition coefficient (Wildman–Crippen LogP) is 4.72. The van der Waals surface area contributed by atoms with E-state index in [0.29, 0.717) is 66.7 Å². The minimum Gasteiger partial charge on any atom is -0.478 e. The number of anilines is 1. The Hall–Kier alpha value is -4.30. The lowest BCUT2D eigenvalue weighted by molar-refractivity contribution is 0.0696. The quantitative estimate of drug-likeness (QED) is 0.187. The number of hydrogen-bond acceptors (Lipinski definition) is 7. The van der Waals surface area contributed by atoms with Crippen molar-refractivity contribution in [2.45, 2.75) is 65.0 Å². The van der Waals surface area contributed by atoms with Gasteiger partial charge in [-0.05, 0) is 65.8 Å². The van der Waals surface area contributed by atoms with Gasteiger partial charge in [-0.1, -0.05) is 39.0 Å². The van der Waals surface area contributed by atoms with E-state index in [-0.39, 0.29) is 11.0 Å². The number of rotatable bonds is 6. The van der Waals surface area contributed by atoms with E-state index < -0.39 is 48.8 Å². The molecule has 0 bridgehead atoms. The van der Waals surface area contributed by atoms with Gasteiger partial charge in [0.05, 0.1) is 22.7 Å². The molecule has 6 rings (SSSR count). The number of carbonyl (C=O) groups is 1. The molecule has 3 aliphatic rings. The number of hydrogen-bond donors (Lipinski definition) is 3. The summed E-state index contributed by atoms with van der Waals surface area (Å²) in [5.74, 6) is -1.63. The van der Waals surface area contributed by atoms with E-state index in [9.17, 15) is 35.8 Å². The number of fused-ring (bicyclic) bond motifs is 4. The molecule has 3 aromatic rings. The molecule has 3 N–H and O–H groups in total. The molecule has 0 aromatic heterocycles. The maximum atomic E-state index is 13.0. The van der Waals surface area contributed by atoms with Crippen molar-refractivity contribution in [3.05, 3.63) is 98.6 Å². The smallest absolute Gasteiger partial charge is 0.336 e. The molecule has 13 heteroatoms. The van der Waals surface area contributed by atoms with E-state index in [0.717, 1.165) is 5.56 Å². The number of carboxylic acid groups (broad SMARTS) is 1. The lowest BCUT2D eigenvalue weighted by Crippen LogP contribution is -2.47. The number of nitrogens with zero attached hydrogens (tertiary/aromatic N) is 2. The minimum atomic E-state index is -4.44. The lowest BCUT2D eigenvalue weighted by atomic mass is 9.81. The van der Waals surface area contributed by atoms with E-state index in [1.165, 1.54) is 0 Å². The van der Waals surface area contributed by atoms with Gasteiger partial charge in [0.15, 0.2) is 5.54 Å².